The molecule has 190 valence electrons. The molecule has 4 nitrogen and oxygen atoms in total. The molecule has 1 aromatic carbocycles. The molecule has 0 aromatic heterocycles. The van der Waals surface area contributed by atoms with Crippen LogP contribution < -0.4 is 4.90 Å². The summed E-state index contributed by atoms with van der Waals surface area (Å²) in [6.07, 6.45) is 6.98. The first-order valence-corrected chi connectivity index (χ1v) is 13.5. The van der Waals surface area contributed by atoms with Gasteiger partial charge >= 0.3 is 0 Å². The number of benzene rings is 1. The maximum atomic E-state index is 13.3. The maximum absolute atomic E-state index is 13.3. The molecule has 1 unspecified atom stereocenters. The number of carbonyl (C=O) groups excluding carboxylic acids is 2. The first kappa shape index (κ1) is 25.0. The molecule has 6 atom stereocenters. The smallest absolute Gasteiger partial charge is 0.156 e. The Hall–Kier alpha value is -2.64. The fourth-order valence-corrected chi connectivity index (χ4v) is 8.35. The summed E-state index contributed by atoms with van der Waals surface area (Å²) < 4.78 is 0. The Balaban J connectivity index is 1.72. The number of nitrogens with zero attached hydrogens (tertiary/aromatic N) is 1. The molecule has 0 aliphatic heterocycles. The Kier molecular flexibility index (Phi) is 6.28. The van der Waals surface area contributed by atoms with Crippen LogP contribution in [0.2, 0.25) is 0 Å². The highest BCUT2D eigenvalue weighted by Gasteiger charge is 2.65. The molecule has 0 saturated heterocycles. The van der Waals surface area contributed by atoms with Gasteiger partial charge in [0, 0.05) is 32.1 Å². The molecule has 0 radical (unpaired) electrons. The Morgan fingerprint density at radius 2 is 1.92 bits per heavy atom. The number of hydrogen-bond acceptors (Lipinski definition) is 4. The van der Waals surface area contributed by atoms with Crippen LogP contribution in [0.25, 0.3) is 0 Å². The maximum Gasteiger partial charge on any atom is 0.156 e. The summed E-state index contributed by atoms with van der Waals surface area (Å²) in [6.45, 7) is 6.06. The molecule has 4 aliphatic carbocycles. The summed E-state index contributed by atoms with van der Waals surface area (Å²) in [5.41, 5.74) is 5.67. The monoisotopic (exact) mass is 485 g/mol. The van der Waals surface area contributed by atoms with Crippen molar-refractivity contribution in [3.05, 3.63) is 52.6 Å². The molecule has 0 heterocycles. The fourth-order valence-electron chi connectivity index (χ4n) is 8.35. The first-order chi connectivity index (χ1) is 17.1. The number of aliphatic hydroxyl groups excluding tert-OH is 1. The van der Waals surface area contributed by atoms with Crippen LogP contribution in [-0.4, -0.2) is 37.4 Å². The Bertz CT molecular complexity index is 1210. The van der Waals surface area contributed by atoms with Crippen molar-refractivity contribution in [1.82, 2.24) is 0 Å². The predicted octanol–water partition coefficient (Wildman–Crippen LogP) is 5.47. The van der Waals surface area contributed by atoms with E-state index >= 15 is 0 Å². The second-order valence-electron chi connectivity index (χ2n) is 12.0. The molecule has 1 N–H and O–H groups in total. The second-order valence-corrected chi connectivity index (χ2v) is 12.0. The summed E-state index contributed by atoms with van der Waals surface area (Å²) >= 11 is 0. The van der Waals surface area contributed by atoms with Crippen LogP contribution in [0.1, 0.15) is 70.8 Å². The standard InChI is InChI=1S/C32H39NO3/c1-20-17-27-29-13-15-32(21(2)35,14-6-16-34)31(29,3)19-28(22-7-9-23(10-8-22)33(4)5)30(27)25-12-11-24(36)18-26(20)25/h7-10,18,20,27-29,34H,11-13,15-17,19H2,1-5H3/t20?,27-,28+,29-,31-,32+/m0/s1. The third-order valence-corrected chi connectivity index (χ3v) is 10.1. The number of carbonyl (C=O) groups is 2. The van der Waals surface area contributed by atoms with E-state index in [-0.39, 0.29) is 29.5 Å². The number of aliphatic hydroxyl groups is 1. The zero-order chi connectivity index (χ0) is 25.8. The zero-order valence-corrected chi connectivity index (χ0v) is 22.4. The SMILES string of the molecule is CC(=O)[C@@]1(C#CCO)CC[C@H]2[C@@H]3CC(C)C4=CC(=O)CCC4=C3[C@@H](c3ccc(N(C)C)cc3)C[C@@]21C. The van der Waals surface area contributed by atoms with Crippen LogP contribution in [0.4, 0.5) is 5.69 Å². The van der Waals surface area contributed by atoms with Gasteiger partial charge in [-0.15, -0.1) is 0 Å². The van der Waals surface area contributed by atoms with E-state index in [0.29, 0.717) is 24.2 Å². The minimum atomic E-state index is -0.722. The largest absolute Gasteiger partial charge is 0.384 e. The number of rotatable bonds is 3. The van der Waals surface area contributed by atoms with Crippen molar-refractivity contribution in [2.45, 2.75) is 65.2 Å². The lowest BCUT2D eigenvalue weighted by atomic mass is 9.47. The minimum absolute atomic E-state index is 0.138. The number of anilines is 1. The number of Topliss-reactive ketones (excluding diaryl/α,β-unsaturated/α-hetero) is 1. The van der Waals surface area contributed by atoms with Crippen LogP contribution in [0.3, 0.4) is 0 Å². The van der Waals surface area contributed by atoms with Crippen LogP contribution in [0.15, 0.2) is 47.1 Å². The molecule has 0 amide bonds. The average Bonchev–Trinajstić information content (AvgIpc) is 3.15. The Morgan fingerprint density at radius 3 is 2.56 bits per heavy atom. The number of hydrogen-bond donors (Lipinski definition) is 1. The normalized spacial score (nSPS) is 35.2. The fraction of sp³-hybridized carbons (Fsp3) is 0.562. The van der Waals surface area contributed by atoms with Gasteiger partial charge in [-0.05, 0) is 97.1 Å². The minimum Gasteiger partial charge on any atom is -0.384 e. The highest BCUT2D eigenvalue weighted by Crippen LogP contribution is 2.70. The Morgan fingerprint density at radius 1 is 1.19 bits per heavy atom. The van der Waals surface area contributed by atoms with Crippen molar-refractivity contribution < 1.29 is 14.7 Å². The van der Waals surface area contributed by atoms with E-state index in [2.05, 4.69) is 68.9 Å². The molecule has 0 bridgehead atoms. The van der Waals surface area contributed by atoms with E-state index in [1.54, 1.807) is 6.92 Å². The van der Waals surface area contributed by atoms with E-state index in [1.807, 2.05) is 6.08 Å². The number of ketones is 2. The van der Waals surface area contributed by atoms with Crippen LogP contribution in [0.5, 0.6) is 0 Å². The van der Waals surface area contributed by atoms with Crippen molar-refractivity contribution in [3.63, 3.8) is 0 Å². The topological polar surface area (TPSA) is 57.6 Å². The molecule has 4 heteroatoms. The van der Waals surface area contributed by atoms with Gasteiger partial charge in [-0.3, -0.25) is 9.59 Å². The molecule has 2 fully saturated rings. The summed E-state index contributed by atoms with van der Waals surface area (Å²) in [5, 5.41) is 9.55. The molecular formula is C32H39NO3. The lowest BCUT2D eigenvalue weighted by molar-refractivity contribution is -0.130. The van der Waals surface area contributed by atoms with Crippen LogP contribution in [-0.2, 0) is 9.59 Å². The molecule has 0 spiro atoms. The molecule has 2 saturated carbocycles. The van der Waals surface area contributed by atoms with E-state index < -0.39 is 5.41 Å². The van der Waals surface area contributed by atoms with Crippen molar-refractivity contribution in [2.24, 2.45) is 28.6 Å². The summed E-state index contributed by atoms with van der Waals surface area (Å²) in [6, 6.07) is 8.89. The van der Waals surface area contributed by atoms with Crippen molar-refractivity contribution in [2.75, 3.05) is 25.6 Å². The number of fused-ring (bicyclic) bond motifs is 4. The van der Waals surface area contributed by atoms with Crippen LogP contribution >= 0.6 is 0 Å². The van der Waals surface area contributed by atoms with Gasteiger partial charge < -0.3 is 10.0 Å². The van der Waals surface area contributed by atoms with Gasteiger partial charge in [-0.1, -0.05) is 43.4 Å². The summed E-state index contributed by atoms with van der Waals surface area (Å²) in [4.78, 5) is 27.8. The van der Waals surface area contributed by atoms with Crippen molar-refractivity contribution in [3.8, 4) is 11.8 Å². The third-order valence-electron chi connectivity index (χ3n) is 10.1. The van der Waals surface area contributed by atoms with E-state index in [9.17, 15) is 14.7 Å². The Labute approximate surface area is 215 Å². The van der Waals surface area contributed by atoms with Crippen molar-refractivity contribution >= 4 is 17.3 Å². The molecule has 4 aliphatic rings. The third kappa shape index (κ3) is 3.62. The van der Waals surface area contributed by atoms with Gasteiger partial charge in [-0.2, -0.15) is 0 Å². The zero-order valence-electron chi connectivity index (χ0n) is 22.4. The van der Waals surface area contributed by atoms with E-state index in [1.165, 1.54) is 28.0 Å². The summed E-state index contributed by atoms with van der Waals surface area (Å²) in [5.74, 6) is 7.90. The molecule has 1 aromatic rings. The van der Waals surface area contributed by atoms with Gasteiger partial charge in [0.25, 0.3) is 0 Å². The highest BCUT2D eigenvalue weighted by molar-refractivity contribution is 5.93. The quantitative estimate of drug-likeness (QED) is 0.577. The molecule has 5 rings (SSSR count). The summed E-state index contributed by atoms with van der Waals surface area (Å²) in [7, 11) is 4.11. The number of allylic oxidation sites excluding steroid dienone is 4. The van der Waals surface area contributed by atoms with E-state index in [0.717, 1.165) is 32.1 Å². The van der Waals surface area contributed by atoms with Gasteiger partial charge in [0.15, 0.2) is 5.78 Å². The molecule has 36 heavy (non-hydrogen) atoms. The lowest BCUT2D eigenvalue weighted by Crippen LogP contribution is -2.50. The molecular weight excluding hydrogens is 446 g/mol. The van der Waals surface area contributed by atoms with Crippen molar-refractivity contribution in [1.29, 1.82) is 0 Å². The highest BCUT2D eigenvalue weighted by atomic mass is 16.2. The van der Waals surface area contributed by atoms with Crippen LogP contribution in [0, 0.1) is 40.4 Å². The van der Waals surface area contributed by atoms with E-state index in [4.69, 9.17) is 0 Å². The van der Waals surface area contributed by atoms with Gasteiger partial charge in [0.2, 0.25) is 0 Å². The lowest BCUT2D eigenvalue weighted by Gasteiger charge is -2.55. The second kappa shape index (κ2) is 9.03. The van der Waals surface area contributed by atoms with Gasteiger partial charge in [0.05, 0.1) is 5.41 Å². The first-order valence-electron chi connectivity index (χ1n) is 13.5. The average molecular weight is 486 g/mol. The van der Waals surface area contributed by atoms with Gasteiger partial charge in [-0.25, -0.2) is 0 Å². The predicted molar refractivity (Wildman–Crippen MR) is 144 cm³/mol. The van der Waals surface area contributed by atoms with Gasteiger partial charge in [0.1, 0.15) is 12.4 Å².